The maximum absolute atomic E-state index is 12.8. The van der Waals surface area contributed by atoms with Crippen molar-refractivity contribution in [2.24, 2.45) is 0 Å². The van der Waals surface area contributed by atoms with Gasteiger partial charge in [-0.15, -0.1) is 12.4 Å². The summed E-state index contributed by atoms with van der Waals surface area (Å²) >= 11 is 0. The maximum atomic E-state index is 12.8. The van der Waals surface area contributed by atoms with Crippen molar-refractivity contribution in [3.63, 3.8) is 0 Å². The number of halogens is 1. The van der Waals surface area contributed by atoms with Gasteiger partial charge in [0.25, 0.3) is 5.91 Å². The lowest BCUT2D eigenvalue weighted by atomic mass is 9.91. The van der Waals surface area contributed by atoms with Crippen LogP contribution in [0.1, 0.15) is 24.0 Å². The normalized spacial score (nSPS) is 17.2. The molecule has 2 aromatic rings. The Morgan fingerprint density at radius 3 is 2.56 bits per heavy atom. The lowest BCUT2D eigenvalue weighted by Gasteiger charge is -2.34. The largest absolute Gasteiger partial charge is 0.368 e. The molecular weight excluding hydrogens is 336 g/mol. The Labute approximate surface area is 154 Å². The van der Waals surface area contributed by atoms with Crippen molar-refractivity contribution in [1.29, 1.82) is 0 Å². The molecule has 132 valence electrons. The van der Waals surface area contributed by atoms with E-state index in [1.165, 1.54) is 22.3 Å². The van der Waals surface area contributed by atoms with Gasteiger partial charge in [0.2, 0.25) is 0 Å². The quantitative estimate of drug-likeness (QED) is 0.754. The van der Waals surface area contributed by atoms with Gasteiger partial charge in [-0.05, 0) is 66.7 Å². The molecule has 4 nitrogen and oxygen atoms in total. The highest BCUT2D eigenvalue weighted by Crippen LogP contribution is 2.37. The van der Waals surface area contributed by atoms with E-state index in [1.807, 2.05) is 6.07 Å². The number of benzene rings is 2. The van der Waals surface area contributed by atoms with Gasteiger partial charge in [-0.2, -0.15) is 0 Å². The molecule has 4 rings (SSSR count). The number of anilines is 1. The van der Waals surface area contributed by atoms with Gasteiger partial charge in [0, 0.05) is 12.8 Å². The topological polar surface area (TPSA) is 50.4 Å². The van der Waals surface area contributed by atoms with Gasteiger partial charge in [-0.25, -0.2) is 0 Å². The summed E-state index contributed by atoms with van der Waals surface area (Å²) in [5.74, 6) is -0.0399. The second kappa shape index (κ2) is 7.16. The number of ether oxygens (including phenoxy) is 1. The molecule has 0 unspecified atom stereocenters. The van der Waals surface area contributed by atoms with Gasteiger partial charge in [0.05, 0.1) is 0 Å². The number of hydrogen-bond donors (Lipinski definition) is 2. The first-order valence-electron chi connectivity index (χ1n) is 8.50. The van der Waals surface area contributed by atoms with Gasteiger partial charge >= 0.3 is 0 Å². The minimum absolute atomic E-state index is 0. The number of methoxy groups -OCH3 is 1. The molecule has 2 aromatic carbocycles. The number of amides is 1. The van der Waals surface area contributed by atoms with E-state index < -0.39 is 5.60 Å². The van der Waals surface area contributed by atoms with E-state index in [0.29, 0.717) is 12.8 Å². The molecule has 1 aliphatic carbocycles. The van der Waals surface area contributed by atoms with Crippen LogP contribution in [0.5, 0.6) is 0 Å². The lowest BCUT2D eigenvalue weighted by molar-refractivity contribution is -0.140. The van der Waals surface area contributed by atoms with Crippen LogP contribution in [-0.2, 0) is 16.0 Å². The zero-order chi connectivity index (χ0) is 16.6. The van der Waals surface area contributed by atoms with E-state index in [1.54, 1.807) is 7.11 Å². The molecule has 0 saturated carbocycles. The Morgan fingerprint density at radius 2 is 1.80 bits per heavy atom. The molecule has 1 fully saturated rings. The monoisotopic (exact) mass is 358 g/mol. The maximum Gasteiger partial charge on any atom is 0.256 e. The summed E-state index contributed by atoms with van der Waals surface area (Å²) in [5.41, 5.74) is 5.33. The first-order chi connectivity index (χ1) is 11.7. The van der Waals surface area contributed by atoms with Gasteiger partial charge < -0.3 is 15.4 Å². The fraction of sp³-hybridized carbons (Fsp3) is 0.350. The van der Waals surface area contributed by atoms with Crippen LogP contribution in [0.25, 0.3) is 11.1 Å². The first-order valence-corrected chi connectivity index (χ1v) is 8.50. The zero-order valence-electron chi connectivity index (χ0n) is 14.3. The van der Waals surface area contributed by atoms with Crippen molar-refractivity contribution >= 4 is 24.0 Å². The van der Waals surface area contributed by atoms with Crippen LogP contribution in [0.15, 0.2) is 42.5 Å². The van der Waals surface area contributed by atoms with Crippen molar-refractivity contribution in [2.75, 3.05) is 25.5 Å². The predicted molar refractivity (Wildman–Crippen MR) is 102 cm³/mol. The third-order valence-electron chi connectivity index (χ3n) is 5.27. The number of rotatable bonds is 3. The second-order valence-electron chi connectivity index (χ2n) is 6.61. The summed E-state index contributed by atoms with van der Waals surface area (Å²) in [4.78, 5) is 12.8. The van der Waals surface area contributed by atoms with Crippen molar-refractivity contribution in [3.05, 3.63) is 53.6 Å². The van der Waals surface area contributed by atoms with E-state index in [9.17, 15) is 4.79 Å². The van der Waals surface area contributed by atoms with Crippen LogP contribution < -0.4 is 10.6 Å². The number of nitrogens with one attached hydrogen (secondary N) is 2. The van der Waals surface area contributed by atoms with Gasteiger partial charge in [-0.1, -0.05) is 30.3 Å². The number of hydrogen-bond acceptors (Lipinski definition) is 3. The minimum atomic E-state index is -0.715. The third-order valence-corrected chi connectivity index (χ3v) is 5.27. The molecule has 25 heavy (non-hydrogen) atoms. The SMILES string of the molecule is COC1(C(=O)Nc2ccc3c(c2)Cc2ccccc2-3)CCNCC1.Cl. The Balaban J connectivity index is 0.00000182. The van der Waals surface area contributed by atoms with Crippen LogP contribution in [0, 0.1) is 0 Å². The van der Waals surface area contributed by atoms with Crippen LogP contribution in [-0.4, -0.2) is 31.7 Å². The van der Waals surface area contributed by atoms with Crippen LogP contribution in [0.2, 0.25) is 0 Å². The molecule has 1 saturated heterocycles. The number of carbonyl (C=O) groups is 1. The standard InChI is InChI=1S/C20H22N2O2.ClH/c1-24-20(8-10-21-11-9-20)19(23)22-16-6-7-18-15(13-16)12-14-4-2-3-5-17(14)18;/h2-7,13,21H,8-12H2,1H3,(H,22,23);1H. The van der Waals surface area contributed by atoms with Crippen molar-refractivity contribution in [3.8, 4) is 11.1 Å². The van der Waals surface area contributed by atoms with Crippen LogP contribution >= 0.6 is 12.4 Å². The van der Waals surface area contributed by atoms with E-state index in [-0.39, 0.29) is 18.3 Å². The van der Waals surface area contributed by atoms with Gasteiger partial charge in [0.15, 0.2) is 0 Å². The average Bonchev–Trinajstić information content (AvgIpc) is 3.00. The molecule has 5 heteroatoms. The van der Waals surface area contributed by atoms with E-state index >= 15 is 0 Å². The fourth-order valence-corrected chi connectivity index (χ4v) is 3.82. The average molecular weight is 359 g/mol. The highest BCUT2D eigenvalue weighted by atomic mass is 35.5. The van der Waals surface area contributed by atoms with Gasteiger partial charge in [-0.3, -0.25) is 4.79 Å². The highest BCUT2D eigenvalue weighted by Gasteiger charge is 2.39. The summed E-state index contributed by atoms with van der Waals surface area (Å²) in [6.07, 6.45) is 2.33. The Bertz CT molecular complexity index is 785. The molecule has 0 aromatic heterocycles. The fourth-order valence-electron chi connectivity index (χ4n) is 3.82. The molecule has 1 aliphatic heterocycles. The number of carbonyl (C=O) groups excluding carboxylic acids is 1. The molecule has 0 bridgehead atoms. The van der Waals surface area contributed by atoms with Gasteiger partial charge in [0.1, 0.15) is 5.60 Å². The molecule has 0 spiro atoms. The minimum Gasteiger partial charge on any atom is -0.368 e. The smallest absolute Gasteiger partial charge is 0.256 e. The molecular formula is C20H23ClN2O2. The van der Waals surface area contributed by atoms with Crippen LogP contribution in [0.4, 0.5) is 5.69 Å². The summed E-state index contributed by atoms with van der Waals surface area (Å²) in [7, 11) is 1.63. The summed E-state index contributed by atoms with van der Waals surface area (Å²) in [5, 5.41) is 6.34. The van der Waals surface area contributed by atoms with E-state index in [2.05, 4.69) is 47.0 Å². The van der Waals surface area contributed by atoms with Crippen molar-refractivity contribution < 1.29 is 9.53 Å². The second-order valence-corrected chi connectivity index (χ2v) is 6.61. The lowest BCUT2D eigenvalue weighted by Crippen LogP contribution is -2.51. The van der Waals surface area contributed by atoms with Crippen LogP contribution in [0.3, 0.4) is 0 Å². The summed E-state index contributed by atoms with van der Waals surface area (Å²) in [6.45, 7) is 1.61. The summed E-state index contributed by atoms with van der Waals surface area (Å²) in [6, 6.07) is 14.7. The molecule has 2 N–H and O–H groups in total. The molecule has 0 radical (unpaired) electrons. The Morgan fingerprint density at radius 1 is 1.08 bits per heavy atom. The molecule has 1 heterocycles. The van der Waals surface area contributed by atoms with E-state index in [4.69, 9.17) is 4.74 Å². The molecule has 0 atom stereocenters. The Hall–Kier alpha value is -1.88. The number of piperidine rings is 1. The predicted octanol–water partition coefficient (Wildman–Crippen LogP) is 3.39. The summed E-state index contributed by atoms with van der Waals surface area (Å²) < 4.78 is 5.60. The Kier molecular flexibility index (Phi) is 5.13. The zero-order valence-corrected chi connectivity index (χ0v) is 15.1. The highest BCUT2D eigenvalue weighted by molar-refractivity contribution is 5.98. The van der Waals surface area contributed by atoms with Crippen molar-refractivity contribution in [2.45, 2.75) is 24.9 Å². The molecule has 2 aliphatic rings. The first kappa shape index (κ1) is 17.9. The third kappa shape index (κ3) is 3.17. The van der Waals surface area contributed by atoms with Crippen molar-refractivity contribution in [1.82, 2.24) is 5.32 Å². The van der Waals surface area contributed by atoms with E-state index in [0.717, 1.165) is 25.2 Å². The molecule has 1 amide bonds. The number of fused-ring (bicyclic) bond motifs is 3.